The van der Waals surface area contributed by atoms with Gasteiger partial charge in [-0.05, 0) is 37.3 Å². The second-order valence-electron chi connectivity index (χ2n) is 6.25. The molecule has 2 aromatic carbocycles. The summed E-state index contributed by atoms with van der Waals surface area (Å²) in [7, 11) is 0. The summed E-state index contributed by atoms with van der Waals surface area (Å²) >= 11 is 6.03. The molecule has 2 N–H and O–H groups in total. The van der Waals surface area contributed by atoms with Gasteiger partial charge in [0.15, 0.2) is 0 Å². The van der Waals surface area contributed by atoms with Crippen molar-refractivity contribution in [3.05, 3.63) is 59.4 Å². The monoisotopic (exact) mass is 383 g/mol. The molecular formula is C19H18ClN5O2. The maximum absolute atomic E-state index is 9.57. The average Bonchev–Trinajstić information content (AvgIpc) is 3.26. The summed E-state index contributed by atoms with van der Waals surface area (Å²) in [4.78, 5) is 4.59. The number of fused-ring (bicyclic) bond motifs is 1. The Labute approximate surface area is 160 Å². The fourth-order valence-electron chi connectivity index (χ4n) is 2.80. The Morgan fingerprint density at radius 2 is 2.04 bits per heavy atom. The molecule has 4 rings (SSSR count). The van der Waals surface area contributed by atoms with Crippen LogP contribution in [0.25, 0.3) is 22.5 Å². The molecule has 0 fully saturated rings. The van der Waals surface area contributed by atoms with Gasteiger partial charge in [0.2, 0.25) is 17.7 Å². The van der Waals surface area contributed by atoms with Gasteiger partial charge in [0.1, 0.15) is 6.54 Å². The van der Waals surface area contributed by atoms with E-state index in [-0.39, 0.29) is 0 Å². The highest BCUT2D eigenvalue weighted by Gasteiger charge is 2.15. The first-order valence-corrected chi connectivity index (χ1v) is 8.93. The van der Waals surface area contributed by atoms with Crippen molar-refractivity contribution in [2.24, 2.45) is 0 Å². The number of nitrogens with one attached hydrogen (secondary N) is 1. The standard InChI is InChI=1S/C19H18ClN5O2/c1-12(26)10-21-19-22-15-7-2-3-8-16(15)25(19)11-17-23-24-18(27-17)13-5-4-6-14(20)9-13/h2-9,12,26H,10-11H2,1H3,(H,21,22). The van der Waals surface area contributed by atoms with Crippen molar-refractivity contribution < 1.29 is 9.52 Å². The first kappa shape index (κ1) is 17.5. The van der Waals surface area contributed by atoms with Crippen LogP contribution in [0, 0.1) is 0 Å². The Morgan fingerprint density at radius 3 is 2.85 bits per heavy atom. The fraction of sp³-hybridized carbons (Fsp3) is 0.211. The number of benzene rings is 2. The van der Waals surface area contributed by atoms with Crippen molar-refractivity contribution in [3.8, 4) is 11.5 Å². The Morgan fingerprint density at radius 1 is 1.19 bits per heavy atom. The number of hydrogen-bond acceptors (Lipinski definition) is 6. The predicted molar refractivity (Wildman–Crippen MR) is 104 cm³/mol. The number of anilines is 1. The van der Waals surface area contributed by atoms with Gasteiger partial charge >= 0.3 is 0 Å². The highest BCUT2D eigenvalue weighted by molar-refractivity contribution is 6.30. The molecule has 4 aromatic rings. The predicted octanol–water partition coefficient (Wildman–Crippen LogP) is 3.58. The van der Waals surface area contributed by atoms with E-state index in [1.807, 2.05) is 41.0 Å². The first-order chi connectivity index (χ1) is 13.1. The zero-order chi connectivity index (χ0) is 18.8. The van der Waals surface area contributed by atoms with Gasteiger partial charge in [-0.3, -0.25) is 0 Å². The van der Waals surface area contributed by atoms with E-state index in [0.717, 1.165) is 16.6 Å². The average molecular weight is 384 g/mol. The normalized spacial score (nSPS) is 12.4. The van der Waals surface area contributed by atoms with Crippen LogP contribution in [0.3, 0.4) is 0 Å². The molecule has 0 radical (unpaired) electrons. The van der Waals surface area contributed by atoms with Crippen molar-refractivity contribution in [1.29, 1.82) is 0 Å². The zero-order valence-corrected chi connectivity index (χ0v) is 15.4. The summed E-state index contributed by atoms with van der Waals surface area (Å²) in [5.74, 6) is 1.50. The third kappa shape index (κ3) is 3.79. The molecule has 8 heteroatoms. The van der Waals surface area contributed by atoms with Crippen LogP contribution in [0.15, 0.2) is 52.9 Å². The van der Waals surface area contributed by atoms with Crippen LogP contribution in [0.4, 0.5) is 5.95 Å². The number of nitrogens with zero attached hydrogens (tertiary/aromatic N) is 4. The summed E-state index contributed by atoms with van der Waals surface area (Å²) in [6.07, 6.45) is -0.490. The number of rotatable bonds is 6. The van der Waals surface area contributed by atoms with Crippen molar-refractivity contribution in [2.45, 2.75) is 19.6 Å². The van der Waals surface area contributed by atoms with Crippen LogP contribution in [0.5, 0.6) is 0 Å². The van der Waals surface area contributed by atoms with E-state index in [0.29, 0.717) is 35.8 Å². The van der Waals surface area contributed by atoms with Gasteiger partial charge in [-0.2, -0.15) is 0 Å². The Balaban J connectivity index is 1.66. The number of aliphatic hydroxyl groups excluding tert-OH is 1. The van der Waals surface area contributed by atoms with Crippen LogP contribution < -0.4 is 5.32 Å². The van der Waals surface area contributed by atoms with Gasteiger partial charge in [0, 0.05) is 17.1 Å². The summed E-state index contributed by atoms with van der Waals surface area (Å²) < 4.78 is 7.77. The number of halogens is 1. The minimum Gasteiger partial charge on any atom is -0.419 e. The topological polar surface area (TPSA) is 89.0 Å². The van der Waals surface area contributed by atoms with Crippen LogP contribution in [0.1, 0.15) is 12.8 Å². The molecule has 0 aliphatic carbocycles. The van der Waals surface area contributed by atoms with Crippen LogP contribution >= 0.6 is 11.6 Å². The van der Waals surface area contributed by atoms with Gasteiger partial charge in [-0.25, -0.2) is 4.98 Å². The lowest BCUT2D eigenvalue weighted by molar-refractivity contribution is 0.208. The molecule has 1 unspecified atom stereocenters. The largest absolute Gasteiger partial charge is 0.419 e. The smallest absolute Gasteiger partial charge is 0.247 e. The lowest BCUT2D eigenvalue weighted by Gasteiger charge is -2.10. The van der Waals surface area contributed by atoms with E-state index >= 15 is 0 Å². The second kappa shape index (κ2) is 7.38. The maximum atomic E-state index is 9.57. The lowest BCUT2D eigenvalue weighted by Crippen LogP contribution is -2.18. The number of aliphatic hydroxyl groups is 1. The molecule has 0 bridgehead atoms. The highest BCUT2D eigenvalue weighted by atomic mass is 35.5. The molecule has 2 heterocycles. The van der Waals surface area contributed by atoms with E-state index < -0.39 is 6.10 Å². The zero-order valence-electron chi connectivity index (χ0n) is 14.6. The molecule has 1 atom stereocenters. The third-order valence-corrected chi connectivity index (χ3v) is 4.28. The molecule has 0 aliphatic heterocycles. The van der Waals surface area contributed by atoms with Crippen molar-refractivity contribution in [3.63, 3.8) is 0 Å². The van der Waals surface area contributed by atoms with E-state index in [2.05, 4.69) is 20.5 Å². The Hall–Kier alpha value is -2.90. The van der Waals surface area contributed by atoms with E-state index in [1.165, 1.54) is 0 Å². The molecular weight excluding hydrogens is 366 g/mol. The summed E-state index contributed by atoms with van der Waals surface area (Å²) in [6.45, 7) is 2.46. The Bertz CT molecular complexity index is 1070. The lowest BCUT2D eigenvalue weighted by atomic mass is 10.2. The van der Waals surface area contributed by atoms with Gasteiger partial charge < -0.3 is 19.4 Å². The highest BCUT2D eigenvalue weighted by Crippen LogP contribution is 2.24. The third-order valence-electron chi connectivity index (χ3n) is 4.04. The Kier molecular flexibility index (Phi) is 4.79. The van der Waals surface area contributed by atoms with E-state index in [1.54, 1.807) is 19.1 Å². The summed E-state index contributed by atoms with van der Waals surface area (Å²) in [5, 5.41) is 21.6. The van der Waals surface area contributed by atoms with Gasteiger partial charge in [-0.15, -0.1) is 10.2 Å². The number of imidazole rings is 1. The molecule has 0 spiro atoms. The minimum atomic E-state index is -0.490. The van der Waals surface area contributed by atoms with E-state index in [9.17, 15) is 5.11 Å². The quantitative estimate of drug-likeness (QED) is 0.529. The summed E-state index contributed by atoms with van der Waals surface area (Å²) in [5.41, 5.74) is 2.55. The summed E-state index contributed by atoms with van der Waals surface area (Å²) in [6, 6.07) is 15.1. The van der Waals surface area contributed by atoms with Crippen molar-refractivity contribution in [2.75, 3.05) is 11.9 Å². The molecule has 0 aliphatic rings. The fourth-order valence-corrected chi connectivity index (χ4v) is 2.99. The second-order valence-corrected chi connectivity index (χ2v) is 6.69. The molecule has 138 valence electrons. The van der Waals surface area contributed by atoms with Crippen LogP contribution in [-0.2, 0) is 6.54 Å². The molecule has 0 amide bonds. The van der Waals surface area contributed by atoms with Gasteiger partial charge in [0.25, 0.3) is 0 Å². The first-order valence-electron chi connectivity index (χ1n) is 8.55. The van der Waals surface area contributed by atoms with Gasteiger partial charge in [0.05, 0.1) is 17.1 Å². The minimum absolute atomic E-state index is 0.357. The van der Waals surface area contributed by atoms with Crippen LogP contribution in [0.2, 0.25) is 5.02 Å². The number of hydrogen-bond donors (Lipinski definition) is 2. The molecule has 27 heavy (non-hydrogen) atoms. The van der Waals surface area contributed by atoms with Crippen molar-refractivity contribution >= 4 is 28.6 Å². The molecule has 2 aromatic heterocycles. The van der Waals surface area contributed by atoms with Crippen LogP contribution in [-0.4, -0.2) is 37.5 Å². The number of para-hydroxylation sites is 2. The molecule has 7 nitrogen and oxygen atoms in total. The maximum Gasteiger partial charge on any atom is 0.247 e. The number of aromatic nitrogens is 4. The SMILES string of the molecule is CC(O)CNc1nc2ccccc2n1Cc1nnc(-c2cccc(Cl)c2)o1. The van der Waals surface area contributed by atoms with E-state index in [4.69, 9.17) is 16.0 Å². The van der Waals surface area contributed by atoms with Crippen molar-refractivity contribution in [1.82, 2.24) is 19.7 Å². The van der Waals surface area contributed by atoms with Gasteiger partial charge in [-0.1, -0.05) is 29.8 Å². The molecule has 0 saturated carbocycles. The molecule has 0 saturated heterocycles.